The van der Waals surface area contributed by atoms with Crippen molar-refractivity contribution >= 4 is 17.8 Å². The first-order valence-electron chi connectivity index (χ1n) is 9.71. The summed E-state index contributed by atoms with van der Waals surface area (Å²) in [5, 5.41) is 0. The molecule has 2 aliphatic rings. The fraction of sp³-hybridized carbons (Fsp3) is 0.500. The third-order valence-corrected chi connectivity index (χ3v) is 4.73. The van der Waals surface area contributed by atoms with Crippen molar-refractivity contribution in [3.8, 4) is 5.75 Å². The molecule has 1 aromatic carbocycles. The van der Waals surface area contributed by atoms with Gasteiger partial charge in [0.2, 0.25) is 0 Å². The Morgan fingerprint density at radius 1 is 1.28 bits per heavy atom. The first-order chi connectivity index (χ1) is 13.7. The topological polar surface area (TPSA) is 77.4 Å². The molecule has 2 aliphatic heterocycles. The molecule has 2 heterocycles. The van der Waals surface area contributed by atoms with Gasteiger partial charge in [0.1, 0.15) is 18.0 Å². The molecule has 0 radical (unpaired) electrons. The number of hydrogen-bond donors (Lipinski definition) is 0. The van der Waals surface area contributed by atoms with Crippen molar-refractivity contribution in [1.82, 2.24) is 4.90 Å². The molecule has 7 nitrogen and oxygen atoms in total. The third kappa shape index (κ3) is 4.96. The predicted molar refractivity (Wildman–Crippen MR) is 109 cm³/mol. The van der Waals surface area contributed by atoms with Gasteiger partial charge in [0.15, 0.2) is 6.04 Å². The van der Waals surface area contributed by atoms with E-state index in [1.54, 1.807) is 26.8 Å². The summed E-state index contributed by atoms with van der Waals surface area (Å²) in [6, 6.07) is 4.71. The van der Waals surface area contributed by atoms with Crippen molar-refractivity contribution in [2.24, 2.45) is 4.99 Å². The van der Waals surface area contributed by atoms with Crippen LogP contribution in [-0.4, -0.2) is 55.1 Å². The summed E-state index contributed by atoms with van der Waals surface area (Å²) in [6.45, 7) is 8.92. The second-order valence-corrected chi connectivity index (χ2v) is 8.30. The van der Waals surface area contributed by atoms with E-state index < -0.39 is 23.7 Å². The Morgan fingerprint density at radius 2 is 2.03 bits per heavy atom. The number of carbonyl (C=O) groups is 2. The molecule has 29 heavy (non-hydrogen) atoms. The van der Waals surface area contributed by atoms with Gasteiger partial charge in [-0.25, -0.2) is 9.59 Å². The Labute approximate surface area is 171 Å². The Balaban J connectivity index is 1.80. The molecule has 0 aromatic heterocycles. The minimum absolute atomic E-state index is 0.361. The van der Waals surface area contributed by atoms with E-state index in [2.05, 4.69) is 4.99 Å². The van der Waals surface area contributed by atoms with Crippen LogP contribution in [0.4, 0.5) is 4.79 Å². The fourth-order valence-corrected chi connectivity index (χ4v) is 3.42. The van der Waals surface area contributed by atoms with Crippen molar-refractivity contribution in [3.05, 3.63) is 41.0 Å². The summed E-state index contributed by atoms with van der Waals surface area (Å²) in [6.07, 6.45) is 2.10. The van der Waals surface area contributed by atoms with Crippen LogP contribution in [0.1, 0.15) is 44.9 Å². The average molecular weight is 400 g/mol. The van der Waals surface area contributed by atoms with Crippen LogP contribution in [-0.2, 0) is 20.7 Å². The lowest BCUT2D eigenvalue weighted by Crippen LogP contribution is -2.46. The van der Waals surface area contributed by atoms with Crippen LogP contribution >= 0.6 is 0 Å². The van der Waals surface area contributed by atoms with Gasteiger partial charge in [-0.1, -0.05) is 11.6 Å². The molecule has 0 saturated heterocycles. The summed E-state index contributed by atoms with van der Waals surface area (Å²) < 4.78 is 16.3. The van der Waals surface area contributed by atoms with Gasteiger partial charge in [-0.05, 0) is 63.5 Å². The molecule has 1 amide bonds. The van der Waals surface area contributed by atoms with Gasteiger partial charge in [0.25, 0.3) is 0 Å². The number of aliphatic imine (C=N–C) groups is 1. The van der Waals surface area contributed by atoms with E-state index in [9.17, 15) is 9.59 Å². The van der Waals surface area contributed by atoms with Crippen LogP contribution in [0.15, 0.2) is 34.8 Å². The SMILES string of the molecule is COC(=O)[C@H]1c2ccc(OCC3=NCC(C)=C3)cc2CCN1C(=O)OC(C)(C)C. The summed E-state index contributed by atoms with van der Waals surface area (Å²) in [4.78, 5) is 31.0. The number of carbonyl (C=O) groups excluding carboxylic acids is 2. The number of ether oxygens (including phenoxy) is 3. The lowest BCUT2D eigenvalue weighted by atomic mass is 9.92. The zero-order valence-electron chi connectivity index (χ0n) is 17.7. The van der Waals surface area contributed by atoms with E-state index in [1.165, 1.54) is 17.6 Å². The number of nitrogens with zero attached hydrogens (tertiary/aromatic N) is 2. The first kappa shape index (κ1) is 20.9. The molecule has 1 aromatic rings. The molecule has 156 valence electrons. The van der Waals surface area contributed by atoms with E-state index in [-0.39, 0.29) is 0 Å². The smallest absolute Gasteiger partial charge is 0.411 e. The van der Waals surface area contributed by atoms with Gasteiger partial charge in [0.05, 0.1) is 19.4 Å². The third-order valence-electron chi connectivity index (χ3n) is 4.73. The van der Waals surface area contributed by atoms with Crippen LogP contribution in [0.25, 0.3) is 0 Å². The maximum Gasteiger partial charge on any atom is 0.411 e. The van der Waals surface area contributed by atoms with Crippen LogP contribution in [0.5, 0.6) is 5.75 Å². The first-order valence-corrected chi connectivity index (χ1v) is 9.71. The van der Waals surface area contributed by atoms with Crippen LogP contribution in [0, 0.1) is 0 Å². The maximum absolute atomic E-state index is 12.6. The lowest BCUT2D eigenvalue weighted by molar-refractivity contribution is -0.147. The van der Waals surface area contributed by atoms with Crippen LogP contribution < -0.4 is 4.74 Å². The monoisotopic (exact) mass is 400 g/mol. The number of benzene rings is 1. The molecule has 7 heteroatoms. The molecule has 0 saturated carbocycles. The fourth-order valence-electron chi connectivity index (χ4n) is 3.42. The number of methoxy groups -OCH3 is 1. The molecular weight excluding hydrogens is 372 g/mol. The van der Waals surface area contributed by atoms with Gasteiger partial charge < -0.3 is 14.2 Å². The number of esters is 1. The highest BCUT2D eigenvalue weighted by Crippen LogP contribution is 2.34. The van der Waals surface area contributed by atoms with Gasteiger partial charge >= 0.3 is 12.1 Å². The number of amides is 1. The summed E-state index contributed by atoms with van der Waals surface area (Å²) >= 11 is 0. The summed E-state index contributed by atoms with van der Waals surface area (Å²) in [5.74, 6) is 0.213. The zero-order valence-corrected chi connectivity index (χ0v) is 17.7. The lowest BCUT2D eigenvalue weighted by Gasteiger charge is -2.36. The standard InChI is InChI=1S/C22H28N2O5/c1-14-10-16(23-12-14)13-28-17-6-7-18-15(11-17)8-9-24(19(18)20(25)27-5)21(26)29-22(2,3)4/h6-7,10-11,19H,8-9,12-13H2,1-5H3/t19-/m1/s1. The van der Waals surface area contributed by atoms with Crippen molar-refractivity contribution in [2.45, 2.75) is 45.8 Å². The molecule has 3 rings (SSSR count). The van der Waals surface area contributed by atoms with Crippen LogP contribution in [0.3, 0.4) is 0 Å². The zero-order chi connectivity index (χ0) is 21.2. The Hall–Kier alpha value is -2.83. The van der Waals surface area contributed by atoms with Crippen molar-refractivity contribution < 1.29 is 23.8 Å². The molecule has 1 atom stereocenters. The molecule has 0 aliphatic carbocycles. The van der Waals surface area contributed by atoms with E-state index >= 15 is 0 Å². The molecule has 0 spiro atoms. The largest absolute Gasteiger partial charge is 0.487 e. The highest BCUT2D eigenvalue weighted by molar-refractivity contribution is 5.98. The van der Waals surface area contributed by atoms with Crippen molar-refractivity contribution in [3.63, 3.8) is 0 Å². The summed E-state index contributed by atoms with van der Waals surface area (Å²) in [5.41, 5.74) is 3.18. The van der Waals surface area contributed by atoms with E-state index in [0.29, 0.717) is 25.3 Å². The molecule has 0 fully saturated rings. The molecule has 0 unspecified atom stereocenters. The Kier molecular flexibility index (Phi) is 5.96. The van der Waals surface area contributed by atoms with Gasteiger partial charge in [-0.2, -0.15) is 0 Å². The second-order valence-electron chi connectivity index (χ2n) is 8.30. The Bertz CT molecular complexity index is 866. The minimum atomic E-state index is -0.836. The minimum Gasteiger partial charge on any atom is -0.487 e. The van der Waals surface area contributed by atoms with E-state index in [4.69, 9.17) is 14.2 Å². The highest BCUT2D eigenvalue weighted by atomic mass is 16.6. The van der Waals surface area contributed by atoms with Gasteiger partial charge in [-0.15, -0.1) is 0 Å². The van der Waals surface area contributed by atoms with Crippen molar-refractivity contribution in [1.29, 1.82) is 0 Å². The van der Waals surface area contributed by atoms with E-state index in [1.807, 2.05) is 25.1 Å². The van der Waals surface area contributed by atoms with Gasteiger partial charge in [-0.3, -0.25) is 9.89 Å². The van der Waals surface area contributed by atoms with Crippen LogP contribution in [0.2, 0.25) is 0 Å². The number of rotatable bonds is 4. The second kappa shape index (κ2) is 8.27. The average Bonchev–Trinajstić information content (AvgIpc) is 3.08. The van der Waals surface area contributed by atoms with E-state index in [0.717, 1.165) is 23.4 Å². The van der Waals surface area contributed by atoms with Gasteiger partial charge in [0, 0.05) is 6.54 Å². The summed E-state index contributed by atoms with van der Waals surface area (Å²) in [7, 11) is 1.32. The predicted octanol–water partition coefficient (Wildman–Crippen LogP) is 3.47. The molecule has 0 N–H and O–H groups in total. The normalized spacial score (nSPS) is 18.5. The Morgan fingerprint density at radius 3 is 2.66 bits per heavy atom. The molecule has 0 bridgehead atoms. The molecular formula is C22H28N2O5. The highest BCUT2D eigenvalue weighted by Gasteiger charge is 2.39. The maximum atomic E-state index is 12.6. The number of hydrogen-bond acceptors (Lipinski definition) is 6. The van der Waals surface area contributed by atoms with Crippen molar-refractivity contribution in [2.75, 3.05) is 26.8 Å². The quantitative estimate of drug-likeness (QED) is 0.723. The number of fused-ring (bicyclic) bond motifs is 1.